The average Bonchev–Trinajstić information content (AvgIpc) is 2.66. The molecule has 7 nitrogen and oxygen atoms in total. The molecule has 1 aromatic heterocycles. The number of benzene rings is 1. The molecule has 14 heteroatoms. The van der Waals surface area contributed by atoms with E-state index in [9.17, 15) is 31.1 Å². The molecule has 170 valence electrons. The minimum absolute atomic E-state index is 0.162. The number of rotatable bonds is 7. The Kier molecular flexibility index (Phi) is 7.76. The maximum Gasteiger partial charge on any atom is 0.422 e. The van der Waals surface area contributed by atoms with Gasteiger partial charge < -0.3 is 9.47 Å². The number of carbonyl (C=O) groups is 1. The quantitative estimate of drug-likeness (QED) is 0.569. The van der Waals surface area contributed by atoms with Gasteiger partial charge in [0.25, 0.3) is 0 Å². The smallest absolute Gasteiger partial charge is 0.422 e. The third-order valence-electron chi connectivity index (χ3n) is 3.36. The van der Waals surface area contributed by atoms with Gasteiger partial charge in [0.2, 0.25) is 17.7 Å². The van der Waals surface area contributed by atoms with E-state index in [0.29, 0.717) is 16.8 Å². The van der Waals surface area contributed by atoms with Gasteiger partial charge in [-0.05, 0) is 31.2 Å². The van der Waals surface area contributed by atoms with E-state index in [0.717, 1.165) is 0 Å². The summed E-state index contributed by atoms with van der Waals surface area (Å²) in [6.45, 7) is -1.73. The third-order valence-corrected chi connectivity index (χ3v) is 3.62. The average molecular weight is 473 g/mol. The Morgan fingerprint density at radius 2 is 1.48 bits per heavy atom. The molecule has 0 saturated heterocycles. The van der Waals surface area contributed by atoms with E-state index in [2.05, 4.69) is 24.8 Å². The number of amides is 2. The molecule has 2 aromatic rings. The van der Waals surface area contributed by atoms with Crippen molar-refractivity contribution in [2.75, 3.05) is 30.0 Å². The van der Waals surface area contributed by atoms with Crippen LogP contribution in [0.2, 0.25) is 5.02 Å². The highest BCUT2D eigenvalue weighted by atomic mass is 35.5. The van der Waals surface area contributed by atoms with Crippen LogP contribution in [-0.4, -0.2) is 48.1 Å². The SMILES string of the molecule is CCN(C(=O)Nc1nc(OCC(F)(F)F)cc(OCC(F)(F)F)n1)c1ccc(Cl)cc1. The Morgan fingerprint density at radius 1 is 1.00 bits per heavy atom. The molecule has 0 aliphatic carbocycles. The number of urea groups is 1. The first kappa shape index (κ1) is 24.3. The lowest BCUT2D eigenvalue weighted by Crippen LogP contribution is -2.35. The van der Waals surface area contributed by atoms with Gasteiger partial charge in [-0.15, -0.1) is 0 Å². The van der Waals surface area contributed by atoms with Crippen molar-refractivity contribution in [2.45, 2.75) is 19.3 Å². The molecule has 0 unspecified atom stereocenters. The molecular formula is C17H15ClF6N4O3. The summed E-state index contributed by atoms with van der Waals surface area (Å²) in [6.07, 6.45) is -9.45. The van der Waals surface area contributed by atoms with Crippen LogP contribution in [0.5, 0.6) is 11.8 Å². The number of ether oxygens (including phenoxy) is 2. The highest BCUT2D eigenvalue weighted by molar-refractivity contribution is 6.30. The highest BCUT2D eigenvalue weighted by Crippen LogP contribution is 2.24. The molecule has 1 aromatic carbocycles. The molecule has 0 saturated carbocycles. The molecule has 1 heterocycles. The number of nitrogens with zero attached hydrogens (tertiary/aromatic N) is 3. The predicted molar refractivity (Wildman–Crippen MR) is 98.6 cm³/mol. The largest absolute Gasteiger partial charge is 0.468 e. The second kappa shape index (κ2) is 9.90. The predicted octanol–water partition coefficient (Wildman–Crippen LogP) is 5.07. The lowest BCUT2D eigenvalue weighted by atomic mass is 10.3. The first-order valence-electron chi connectivity index (χ1n) is 8.48. The van der Waals surface area contributed by atoms with Crippen LogP contribution in [0.3, 0.4) is 0 Å². The summed E-state index contributed by atoms with van der Waals surface area (Å²) in [4.78, 5) is 20.9. The van der Waals surface area contributed by atoms with E-state index in [1.165, 1.54) is 29.2 Å². The minimum Gasteiger partial charge on any atom is -0.468 e. The van der Waals surface area contributed by atoms with Gasteiger partial charge in [-0.3, -0.25) is 10.2 Å². The van der Waals surface area contributed by atoms with Crippen molar-refractivity contribution in [3.63, 3.8) is 0 Å². The fourth-order valence-corrected chi connectivity index (χ4v) is 2.27. The number of hydrogen-bond acceptors (Lipinski definition) is 5. The van der Waals surface area contributed by atoms with Crippen LogP contribution >= 0.6 is 11.6 Å². The van der Waals surface area contributed by atoms with Gasteiger partial charge in [-0.25, -0.2) is 4.79 Å². The Labute approximate surface area is 176 Å². The van der Waals surface area contributed by atoms with E-state index >= 15 is 0 Å². The van der Waals surface area contributed by atoms with Crippen molar-refractivity contribution in [3.8, 4) is 11.8 Å². The van der Waals surface area contributed by atoms with Gasteiger partial charge in [-0.2, -0.15) is 36.3 Å². The number of carbonyl (C=O) groups excluding carboxylic acids is 1. The van der Waals surface area contributed by atoms with Gasteiger partial charge >= 0.3 is 18.4 Å². The molecule has 31 heavy (non-hydrogen) atoms. The zero-order valence-corrected chi connectivity index (χ0v) is 16.5. The maximum absolute atomic E-state index is 12.5. The summed E-state index contributed by atoms with van der Waals surface area (Å²) < 4.78 is 83.2. The van der Waals surface area contributed by atoms with Crippen molar-refractivity contribution in [1.82, 2.24) is 9.97 Å². The zero-order valence-electron chi connectivity index (χ0n) is 15.7. The molecule has 2 amide bonds. The van der Waals surface area contributed by atoms with E-state index in [-0.39, 0.29) is 6.54 Å². The number of alkyl halides is 6. The fraction of sp³-hybridized carbons (Fsp3) is 0.353. The molecule has 0 fully saturated rings. The van der Waals surface area contributed by atoms with Crippen molar-refractivity contribution in [1.29, 1.82) is 0 Å². The Hall–Kier alpha value is -2.96. The van der Waals surface area contributed by atoms with Gasteiger partial charge in [0, 0.05) is 17.3 Å². The van der Waals surface area contributed by atoms with E-state index < -0.39 is 49.3 Å². The van der Waals surface area contributed by atoms with Crippen LogP contribution in [0.15, 0.2) is 30.3 Å². The van der Waals surface area contributed by atoms with Crippen LogP contribution in [0.4, 0.5) is 42.8 Å². The van der Waals surface area contributed by atoms with Crippen LogP contribution < -0.4 is 19.7 Å². The van der Waals surface area contributed by atoms with Gasteiger partial charge in [0.15, 0.2) is 13.2 Å². The molecule has 0 spiro atoms. The number of nitrogens with one attached hydrogen (secondary N) is 1. The van der Waals surface area contributed by atoms with E-state index in [1.54, 1.807) is 6.92 Å². The minimum atomic E-state index is -4.73. The summed E-state index contributed by atoms with van der Waals surface area (Å²) >= 11 is 5.80. The van der Waals surface area contributed by atoms with Crippen LogP contribution in [-0.2, 0) is 0 Å². The number of anilines is 2. The van der Waals surface area contributed by atoms with Crippen LogP contribution in [0.1, 0.15) is 6.92 Å². The van der Waals surface area contributed by atoms with Gasteiger partial charge in [0.05, 0.1) is 6.07 Å². The van der Waals surface area contributed by atoms with Crippen LogP contribution in [0, 0.1) is 0 Å². The third kappa shape index (κ3) is 8.36. The van der Waals surface area contributed by atoms with E-state index in [4.69, 9.17) is 11.6 Å². The zero-order chi connectivity index (χ0) is 23.2. The van der Waals surface area contributed by atoms with Crippen molar-refractivity contribution in [2.24, 2.45) is 0 Å². The lowest BCUT2D eigenvalue weighted by molar-refractivity contribution is -0.154. The summed E-state index contributed by atoms with van der Waals surface area (Å²) in [7, 11) is 0. The number of aromatic nitrogens is 2. The number of halogens is 7. The molecule has 0 aliphatic heterocycles. The topological polar surface area (TPSA) is 76.6 Å². The Bertz CT molecular complexity index is 857. The summed E-state index contributed by atoms with van der Waals surface area (Å²) in [5, 5.41) is 2.61. The Morgan fingerprint density at radius 3 is 1.90 bits per heavy atom. The normalized spacial score (nSPS) is 11.7. The van der Waals surface area contributed by atoms with Crippen molar-refractivity contribution in [3.05, 3.63) is 35.4 Å². The summed E-state index contributed by atoms with van der Waals surface area (Å²) in [5.74, 6) is -2.10. The maximum atomic E-state index is 12.5. The lowest BCUT2D eigenvalue weighted by Gasteiger charge is -2.21. The Balaban J connectivity index is 2.24. The van der Waals surface area contributed by atoms with Crippen LogP contribution in [0.25, 0.3) is 0 Å². The van der Waals surface area contributed by atoms with Gasteiger partial charge in [-0.1, -0.05) is 11.6 Å². The summed E-state index contributed by atoms with van der Waals surface area (Å²) in [5.41, 5.74) is 0.419. The van der Waals surface area contributed by atoms with Crippen molar-refractivity contribution < 1.29 is 40.6 Å². The molecule has 0 atom stereocenters. The molecule has 0 radical (unpaired) electrons. The van der Waals surface area contributed by atoms with Crippen molar-refractivity contribution >= 4 is 29.3 Å². The van der Waals surface area contributed by atoms with Gasteiger partial charge in [0.1, 0.15) is 0 Å². The monoisotopic (exact) mass is 472 g/mol. The summed E-state index contributed by atoms with van der Waals surface area (Å²) in [6, 6.07) is 5.96. The second-order valence-corrected chi connectivity index (χ2v) is 6.26. The first-order chi connectivity index (χ1) is 14.4. The second-order valence-electron chi connectivity index (χ2n) is 5.83. The molecule has 1 N–H and O–H groups in total. The van der Waals surface area contributed by atoms with E-state index in [1.807, 2.05) is 0 Å². The molecule has 2 rings (SSSR count). The highest BCUT2D eigenvalue weighted by Gasteiger charge is 2.30. The first-order valence-corrected chi connectivity index (χ1v) is 8.86. The molecular weight excluding hydrogens is 458 g/mol. The number of hydrogen-bond donors (Lipinski definition) is 1. The molecule has 0 aliphatic rings. The fourth-order valence-electron chi connectivity index (χ4n) is 2.15. The standard InChI is InChI=1S/C17H15ClF6N4O3/c1-2-28(11-5-3-10(18)4-6-11)15(29)27-14-25-12(30-8-16(19,20)21)7-13(26-14)31-9-17(22,23)24/h3-7H,2,8-9H2,1H3,(H,25,26,27,29). The molecule has 0 bridgehead atoms.